The zero-order valence-electron chi connectivity index (χ0n) is 19.8. The van der Waals surface area contributed by atoms with Crippen molar-refractivity contribution in [1.29, 1.82) is 0 Å². The lowest BCUT2D eigenvalue weighted by atomic mass is 9.95. The number of likely N-dealkylation sites (N-methyl/N-ethyl adjacent to an activating group) is 1. The zero-order chi connectivity index (χ0) is 24.3. The van der Waals surface area contributed by atoms with E-state index in [1.54, 1.807) is 23.1 Å². The lowest BCUT2D eigenvalue weighted by molar-refractivity contribution is -0.140. The van der Waals surface area contributed by atoms with Gasteiger partial charge in [-0.25, -0.2) is 0 Å². The smallest absolute Gasteiger partial charge is 0.295 e. The van der Waals surface area contributed by atoms with Crippen molar-refractivity contribution < 1.29 is 19.4 Å². The molecule has 2 aromatic rings. The number of carbonyl (C=O) groups excluding carboxylic acids is 2. The number of aliphatic hydroxyl groups excluding tert-OH is 1. The number of hydrogen-bond acceptors (Lipinski definition) is 5. The summed E-state index contributed by atoms with van der Waals surface area (Å²) in [5.41, 5.74) is 2.21. The third-order valence-electron chi connectivity index (χ3n) is 5.53. The molecule has 1 aliphatic heterocycles. The Kier molecular flexibility index (Phi) is 7.97. The second kappa shape index (κ2) is 10.5. The van der Waals surface area contributed by atoms with Crippen molar-refractivity contribution in [3.8, 4) is 5.75 Å². The van der Waals surface area contributed by atoms with Gasteiger partial charge in [-0.05, 0) is 68.4 Å². The molecule has 0 unspecified atom stereocenters. The minimum Gasteiger partial charge on any atom is -0.507 e. The SMILES string of the molecule is Cc1cc(/C(O)=C2\C(=O)C(=O)N(CCN(C)C)[C@@H]2c2ccc(Br)cc2)ccc1OCC(C)C. The van der Waals surface area contributed by atoms with Crippen molar-refractivity contribution in [1.82, 2.24) is 9.80 Å². The summed E-state index contributed by atoms with van der Waals surface area (Å²) in [6, 6.07) is 12.1. The van der Waals surface area contributed by atoms with Crippen LogP contribution in [0.4, 0.5) is 0 Å². The summed E-state index contributed by atoms with van der Waals surface area (Å²) in [4.78, 5) is 29.6. The minimum absolute atomic E-state index is 0.108. The maximum atomic E-state index is 13.1. The molecule has 0 radical (unpaired) electrons. The van der Waals surface area contributed by atoms with E-state index in [0.717, 1.165) is 21.3 Å². The Balaban J connectivity index is 2.06. The maximum Gasteiger partial charge on any atom is 0.295 e. The molecular formula is C26H31BrN2O4. The number of benzene rings is 2. The number of amides is 1. The fraction of sp³-hybridized carbons (Fsp3) is 0.385. The van der Waals surface area contributed by atoms with E-state index in [9.17, 15) is 14.7 Å². The number of rotatable bonds is 8. The molecule has 1 amide bonds. The molecule has 6 nitrogen and oxygen atoms in total. The Morgan fingerprint density at radius 3 is 2.39 bits per heavy atom. The number of Topliss-reactive ketones (excluding diaryl/α,β-unsaturated/α-hetero) is 1. The third kappa shape index (κ3) is 5.65. The van der Waals surface area contributed by atoms with Crippen LogP contribution in [0.15, 0.2) is 52.5 Å². The number of hydrogen-bond donors (Lipinski definition) is 1. The maximum absolute atomic E-state index is 13.1. The Hall–Kier alpha value is -2.64. The van der Waals surface area contributed by atoms with E-state index in [2.05, 4.69) is 29.8 Å². The van der Waals surface area contributed by atoms with Gasteiger partial charge in [-0.2, -0.15) is 0 Å². The first-order valence-electron chi connectivity index (χ1n) is 11.0. The number of aryl methyl sites for hydroxylation is 1. The van der Waals surface area contributed by atoms with Gasteiger partial charge in [-0.1, -0.05) is 41.9 Å². The standard InChI is InChI=1S/C26H31BrN2O4/c1-16(2)15-33-21-11-8-19(14-17(21)3)24(30)22-23(18-6-9-20(27)10-7-18)29(13-12-28(4)5)26(32)25(22)31/h6-11,14,16,23,30H,12-13,15H2,1-5H3/b24-22+/t23-/m1/s1. The van der Waals surface area contributed by atoms with Gasteiger partial charge in [0.2, 0.25) is 0 Å². The minimum atomic E-state index is -0.669. The van der Waals surface area contributed by atoms with E-state index in [1.807, 2.05) is 50.2 Å². The summed E-state index contributed by atoms with van der Waals surface area (Å²) in [6.45, 7) is 7.61. The Labute approximate surface area is 204 Å². The van der Waals surface area contributed by atoms with Crippen molar-refractivity contribution in [2.45, 2.75) is 26.8 Å². The van der Waals surface area contributed by atoms with Crippen LogP contribution in [-0.4, -0.2) is 60.4 Å². The second-order valence-corrected chi connectivity index (χ2v) is 9.95. The molecular weight excluding hydrogens is 484 g/mol. The van der Waals surface area contributed by atoms with Gasteiger partial charge < -0.3 is 19.6 Å². The molecule has 0 spiro atoms. The van der Waals surface area contributed by atoms with Crippen LogP contribution in [0.2, 0.25) is 0 Å². The van der Waals surface area contributed by atoms with E-state index < -0.39 is 17.7 Å². The van der Waals surface area contributed by atoms with Crippen LogP contribution in [0.5, 0.6) is 5.75 Å². The number of carbonyl (C=O) groups is 2. The van der Waals surface area contributed by atoms with Crippen LogP contribution in [0, 0.1) is 12.8 Å². The molecule has 3 rings (SSSR count). The second-order valence-electron chi connectivity index (χ2n) is 9.03. The first-order chi connectivity index (χ1) is 15.6. The van der Waals surface area contributed by atoms with Gasteiger partial charge in [0, 0.05) is 23.1 Å². The Morgan fingerprint density at radius 2 is 1.82 bits per heavy atom. The molecule has 0 aromatic heterocycles. The highest BCUT2D eigenvalue weighted by Gasteiger charge is 2.45. The fourth-order valence-electron chi connectivity index (χ4n) is 3.78. The predicted molar refractivity (Wildman–Crippen MR) is 133 cm³/mol. The number of ether oxygens (including phenoxy) is 1. The third-order valence-corrected chi connectivity index (χ3v) is 6.06. The van der Waals surface area contributed by atoms with E-state index in [4.69, 9.17) is 4.74 Å². The van der Waals surface area contributed by atoms with E-state index >= 15 is 0 Å². The van der Waals surface area contributed by atoms with Crippen molar-refractivity contribution in [3.63, 3.8) is 0 Å². The van der Waals surface area contributed by atoms with Crippen LogP contribution in [-0.2, 0) is 9.59 Å². The molecule has 1 saturated heterocycles. The van der Waals surface area contributed by atoms with E-state index in [0.29, 0.717) is 31.2 Å². The van der Waals surface area contributed by atoms with Gasteiger partial charge in [-0.3, -0.25) is 9.59 Å². The average molecular weight is 515 g/mol. The van der Waals surface area contributed by atoms with Gasteiger partial charge in [0.15, 0.2) is 0 Å². The van der Waals surface area contributed by atoms with Crippen LogP contribution in [0.3, 0.4) is 0 Å². The van der Waals surface area contributed by atoms with Gasteiger partial charge in [0.25, 0.3) is 11.7 Å². The molecule has 1 fully saturated rings. The van der Waals surface area contributed by atoms with Gasteiger partial charge in [0.05, 0.1) is 18.2 Å². The molecule has 33 heavy (non-hydrogen) atoms. The number of ketones is 1. The highest BCUT2D eigenvalue weighted by molar-refractivity contribution is 9.10. The summed E-state index contributed by atoms with van der Waals surface area (Å²) in [5.74, 6) is -0.318. The molecule has 0 saturated carbocycles. The van der Waals surface area contributed by atoms with Crippen LogP contribution < -0.4 is 4.74 Å². The number of nitrogens with zero attached hydrogens (tertiary/aromatic N) is 2. The fourth-order valence-corrected chi connectivity index (χ4v) is 4.04. The van der Waals surface area contributed by atoms with Crippen molar-refractivity contribution in [2.24, 2.45) is 5.92 Å². The van der Waals surface area contributed by atoms with Gasteiger partial charge >= 0.3 is 0 Å². The monoisotopic (exact) mass is 514 g/mol. The largest absolute Gasteiger partial charge is 0.507 e. The summed E-state index contributed by atoms with van der Waals surface area (Å²) in [7, 11) is 3.83. The van der Waals surface area contributed by atoms with Gasteiger partial charge in [-0.15, -0.1) is 0 Å². The highest BCUT2D eigenvalue weighted by atomic mass is 79.9. The van der Waals surface area contributed by atoms with Crippen molar-refractivity contribution >= 4 is 33.4 Å². The first-order valence-corrected chi connectivity index (χ1v) is 11.8. The van der Waals surface area contributed by atoms with Crippen molar-refractivity contribution in [2.75, 3.05) is 33.8 Å². The van der Waals surface area contributed by atoms with Crippen LogP contribution in [0.1, 0.15) is 36.6 Å². The number of halogens is 1. The van der Waals surface area contributed by atoms with Gasteiger partial charge in [0.1, 0.15) is 11.5 Å². The molecule has 176 valence electrons. The Bertz CT molecular complexity index is 1060. The lowest BCUT2D eigenvalue weighted by Crippen LogP contribution is -2.35. The molecule has 7 heteroatoms. The lowest BCUT2D eigenvalue weighted by Gasteiger charge is -2.26. The van der Waals surface area contributed by atoms with E-state index in [-0.39, 0.29) is 11.3 Å². The highest BCUT2D eigenvalue weighted by Crippen LogP contribution is 2.40. The molecule has 1 N–H and O–H groups in total. The Morgan fingerprint density at radius 1 is 1.15 bits per heavy atom. The molecule has 1 heterocycles. The average Bonchev–Trinajstić information content (AvgIpc) is 3.01. The zero-order valence-corrected chi connectivity index (χ0v) is 21.3. The predicted octanol–water partition coefficient (Wildman–Crippen LogP) is 4.78. The van der Waals surface area contributed by atoms with Crippen LogP contribution >= 0.6 is 15.9 Å². The normalized spacial score (nSPS) is 17.9. The summed E-state index contributed by atoms with van der Waals surface area (Å²) < 4.78 is 6.73. The molecule has 1 aliphatic rings. The summed E-state index contributed by atoms with van der Waals surface area (Å²) in [5, 5.41) is 11.2. The number of aliphatic hydroxyl groups is 1. The quantitative estimate of drug-likeness (QED) is 0.312. The van der Waals surface area contributed by atoms with Crippen LogP contribution in [0.25, 0.3) is 5.76 Å². The molecule has 2 aromatic carbocycles. The molecule has 0 aliphatic carbocycles. The van der Waals surface area contributed by atoms with Crippen molar-refractivity contribution in [3.05, 3.63) is 69.2 Å². The summed E-state index contributed by atoms with van der Waals surface area (Å²) in [6.07, 6.45) is 0. The summed E-state index contributed by atoms with van der Waals surface area (Å²) >= 11 is 3.43. The molecule has 0 bridgehead atoms. The number of likely N-dealkylation sites (tertiary alicyclic amines) is 1. The first kappa shape index (κ1) is 25.0. The molecule has 1 atom stereocenters. The topological polar surface area (TPSA) is 70.1 Å². The van der Waals surface area contributed by atoms with E-state index in [1.165, 1.54) is 0 Å².